The quantitative estimate of drug-likeness (QED) is 0.453. The summed E-state index contributed by atoms with van der Waals surface area (Å²) in [6, 6.07) is 19.2. The van der Waals surface area contributed by atoms with Gasteiger partial charge in [-0.2, -0.15) is 5.10 Å². The second kappa shape index (κ2) is 9.21. The van der Waals surface area contributed by atoms with E-state index in [1.807, 2.05) is 6.08 Å². The van der Waals surface area contributed by atoms with E-state index in [0.29, 0.717) is 11.3 Å². The molecule has 0 aromatic heterocycles. The van der Waals surface area contributed by atoms with Crippen LogP contribution in [0.15, 0.2) is 83.5 Å². The monoisotopic (exact) mass is 458 g/mol. The number of amides is 1. The largest absolute Gasteiger partial charge is 0.497 e. The summed E-state index contributed by atoms with van der Waals surface area (Å²) < 4.78 is 32.3. The van der Waals surface area contributed by atoms with Gasteiger partial charge in [0.25, 0.3) is 5.91 Å². The number of nitrogens with zero attached hydrogens (tertiary/aromatic N) is 2. The molecule has 3 aromatic rings. The van der Waals surface area contributed by atoms with Gasteiger partial charge in [-0.1, -0.05) is 24.3 Å². The normalized spacial score (nSPS) is 20.7. The summed E-state index contributed by atoms with van der Waals surface area (Å²) in [5.74, 6) is -0.170. The van der Waals surface area contributed by atoms with Crippen LogP contribution in [0.5, 0.6) is 5.75 Å². The number of benzene rings is 3. The van der Waals surface area contributed by atoms with Crippen molar-refractivity contribution in [2.24, 2.45) is 11.0 Å². The van der Waals surface area contributed by atoms with Gasteiger partial charge in [-0.05, 0) is 90.6 Å². The van der Waals surface area contributed by atoms with Gasteiger partial charge in [0.2, 0.25) is 0 Å². The fourth-order valence-electron chi connectivity index (χ4n) is 4.79. The maximum absolute atomic E-state index is 13.7. The van der Waals surface area contributed by atoms with Gasteiger partial charge >= 0.3 is 0 Å². The molecule has 1 fully saturated rings. The molecule has 1 saturated carbocycles. The fourth-order valence-corrected chi connectivity index (χ4v) is 4.79. The molecule has 0 radical (unpaired) electrons. The second-order valence-corrected chi connectivity index (χ2v) is 8.58. The van der Waals surface area contributed by atoms with Crippen molar-refractivity contribution in [2.75, 3.05) is 7.11 Å². The highest BCUT2D eigenvalue weighted by molar-refractivity contribution is 6.09. The molecule has 1 aliphatic heterocycles. The number of allylic oxidation sites excluding steroid dienone is 1. The molecule has 4 nitrogen and oxygen atoms in total. The minimum Gasteiger partial charge on any atom is -0.497 e. The number of fused-ring (bicyclic) bond motifs is 1. The predicted octanol–water partition coefficient (Wildman–Crippen LogP) is 6.41. The first kappa shape index (κ1) is 22.0. The Hall–Kier alpha value is -3.80. The molecule has 1 amide bonds. The summed E-state index contributed by atoms with van der Waals surface area (Å²) in [6.07, 6.45) is 4.66. The summed E-state index contributed by atoms with van der Waals surface area (Å²) in [5, 5.41) is 6.38. The van der Waals surface area contributed by atoms with Gasteiger partial charge in [0.15, 0.2) is 0 Å². The van der Waals surface area contributed by atoms with Gasteiger partial charge in [-0.15, -0.1) is 0 Å². The molecule has 1 heterocycles. The Labute approximate surface area is 197 Å². The van der Waals surface area contributed by atoms with Crippen LogP contribution >= 0.6 is 0 Å². The molecule has 0 bridgehead atoms. The minimum atomic E-state index is -0.331. The van der Waals surface area contributed by atoms with E-state index in [4.69, 9.17) is 9.84 Å². The molecule has 2 atom stereocenters. The van der Waals surface area contributed by atoms with Crippen LogP contribution in [0.25, 0.3) is 6.08 Å². The van der Waals surface area contributed by atoms with Crippen molar-refractivity contribution in [3.05, 3.63) is 107 Å². The SMILES string of the molecule is COc1ccc(C(=O)N2N=C3/C(=C\c4ccc(F)cc4)CCC[C@@H]3[C@@H]2c2ccc(F)cc2)cc1. The van der Waals surface area contributed by atoms with Crippen LogP contribution in [-0.4, -0.2) is 23.7 Å². The molecule has 5 rings (SSSR count). The first-order valence-electron chi connectivity index (χ1n) is 11.3. The fraction of sp³-hybridized carbons (Fsp3) is 0.214. The van der Waals surface area contributed by atoms with Crippen molar-refractivity contribution in [2.45, 2.75) is 25.3 Å². The van der Waals surface area contributed by atoms with Crippen molar-refractivity contribution in [1.29, 1.82) is 0 Å². The Morgan fingerprint density at radius 3 is 2.26 bits per heavy atom. The van der Waals surface area contributed by atoms with Crippen LogP contribution < -0.4 is 4.74 Å². The Morgan fingerprint density at radius 1 is 0.971 bits per heavy atom. The third-order valence-corrected chi connectivity index (χ3v) is 6.47. The number of halogens is 2. The summed E-state index contributed by atoms with van der Waals surface area (Å²) in [5.41, 5.74) is 4.14. The standard InChI is InChI=1S/C28H24F2N2O2/c1-34-24-15-9-20(10-16-24)28(33)32-27(19-7-13-23(30)14-8-19)25-4-2-3-21(26(25)31-32)17-18-5-11-22(29)12-6-18/h5-17,25,27H,2-4H2,1H3/b21-17-/t25-,27-/m0/s1. The average molecular weight is 459 g/mol. The summed E-state index contributed by atoms with van der Waals surface area (Å²) in [7, 11) is 1.58. The van der Waals surface area contributed by atoms with Crippen molar-refractivity contribution >= 4 is 17.7 Å². The third kappa shape index (κ3) is 4.23. The number of methoxy groups -OCH3 is 1. The van der Waals surface area contributed by atoms with E-state index in [0.717, 1.165) is 41.7 Å². The first-order chi connectivity index (χ1) is 16.5. The Morgan fingerprint density at radius 2 is 1.62 bits per heavy atom. The van der Waals surface area contributed by atoms with E-state index in [9.17, 15) is 13.6 Å². The maximum atomic E-state index is 13.7. The van der Waals surface area contributed by atoms with Gasteiger partial charge in [0, 0.05) is 11.5 Å². The molecule has 0 spiro atoms. The zero-order chi connectivity index (χ0) is 23.7. The van der Waals surface area contributed by atoms with E-state index in [1.165, 1.54) is 24.3 Å². The highest BCUT2D eigenvalue weighted by atomic mass is 19.1. The lowest BCUT2D eigenvalue weighted by molar-refractivity contribution is 0.0681. The summed E-state index contributed by atoms with van der Waals surface area (Å²) in [6.45, 7) is 0. The van der Waals surface area contributed by atoms with Gasteiger partial charge in [0.05, 0.1) is 18.9 Å². The zero-order valence-electron chi connectivity index (χ0n) is 18.7. The van der Waals surface area contributed by atoms with Crippen LogP contribution in [0.3, 0.4) is 0 Å². The van der Waals surface area contributed by atoms with Crippen molar-refractivity contribution < 1.29 is 18.3 Å². The maximum Gasteiger partial charge on any atom is 0.274 e. The number of hydrazone groups is 1. The second-order valence-electron chi connectivity index (χ2n) is 8.58. The van der Waals surface area contributed by atoms with Crippen LogP contribution in [0.1, 0.15) is 46.8 Å². The molecule has 0 N–H and O–H groups in total. The molecule has 3 aromatic carbocycles. The van der Waals surface area contributed by atoms with Gasteiger partial charge in [-0.25, -0.2) is 13.8 Å². The van der Waals surface area contributed by atoms with E-state index < -0.39 is 0 Å². The van der Waals surface area contributed by atoms with Crippen LogP contribution in [-0.2, 0) is 0 Å². The van der Waals surface area contributed by atoms with Gasteiger partial charge in [0.1, 0.15) is 17.4 Å². The number of rotatable bonds is 4. The Kier molecular flexibility index (Phi) is 5.97. The summed E-state index contributed by atoms with van der Waals surface area (Å²) in [4.78, 5) is 13.6. The molecule has 0 unspecified atom stereocenters. The third-order valence-electron chi connectivity index (χ3n) is 6.47. The van der Waals surface area contributed by atoms with Crippen LogP contribution in [0, 0.1) is 17.6 Å². The van der Waals surface area contributed by atoms with Gasteiger partial charge in [-0.3, -0.25) is 4.79 Å². The molecular formula is C28H24F2N2O2. The number of hydrogen-bond donors (Lipinski definition) is 0. The minimum absolute atomic E-state index is 0.00638. The predicted molar refractivity (Wildman–Crippen MR) is 127 cm³/mol. The number of carbonyl (C=O) groups excluding carboxylic acids is 1. The lowest BCUT2D eigenvalue weighted by Crippen LogP contribution is -2.31. The Bertz CT molecular complexity index is 1250. The lowest BCUT2D eigenvalue weighted by Gasteiger charge is -2.29. The van der Waals surface area contributed by atoms with Crippen molar-refractivity contribution in [3.63, 3.8) is 0 Å². The summed E-state index contributed by atoms with van der Waals surface area (Å²) >= 11 is 0. The van der Waals surface area contributed by atoms with Crippen molar-refractivity contribution in [1.82, 2.24) is 5.01 Å². The highest BCUT2D eigenvalue weighted by Gasteiger charge is 2.43. The molecular weight excluding hydrogens is 434 g/mol. The first-order valence-corrected chi connectivity index (χ1v) is 11.3. The molecule has 6 heteroatoms. The van der Waals surface area contributed by atoms with Gasteiger partial charge < -0.3 is 4.74 Å². The van der Waals surface area contributed by atoms with Crippen molar-refractivity contribution in [3.8, 4) is 5.75 Å². The lowest BCUT2D eigenvalue weighted by atomic mass is 9.77. The number of carbonyl (C=O) groups is 1. The van der Waals surface area contributed by atoms with E-state index >= 15 is 0 Å². The number of hydrogen-bond acceptors (Lipinski definition) is 3. The Balaban J connectivity index is 1.56. The van der Waals surface area contributed by atoms with Crippen LogP contribution in [0.4, 0.5) is 8.78 Å². The number of ether oxygens (including phenoxy) is 1. The zero-order valence-corrected chi connectivity index (χ0v) is 18.7. The highest BCUT2D eigenvalue weighted by Crippen LogP contribution is 2.45. The van der Waals surface area contributed by atoms with E-state index in [2.05, 4.69) is 0 Å². The average Bonchev–Trinajstić information content (AvgIpc) is 3.26. The molecule has 34 heavy (non-hydrogen) atoms. The molecule has 1 aliphatic carbocycles. The molecule has 2 aliphatic rings. The smallest absolute Gasteiger partial charge is 0.274 e. The van der Waals surface area contributed by atoms with Crippen LogP contribution in [0.2, 0.25) is 0 Å². The molecule has 172 valence electrons. The van der Waals surface area contributed by atoms with E-state index in [-0.39, 0.29) is 29.5 Å². The topological polar surface area (TPSA) is 41.9 Å². The van der Waals surface area contributed by atoms with E-state index in [1.54, 1.807) is 60.6 Å². The molecule has 0 saturated heterocycles.